The van der Waals surface area contributed by atoms with Crippen LogP contribution >= 0.6 is 0 Å². The van der Waals surface area contributed by atoms with E-state index in [4.69, 9.17) is 9.47 Å². The zero-order valence-electron chi connectivity index (χ0n) is 12.5. The van der Waals surface area contributed by atoms with E-state index in [0.717, 1.165) is 26.1 Å². The Morgan fingerprint density at radius 1 is 0.647 bits per heavy atom. The van der Waals surface area contributed by atoms with Crippen LogP contribution in [0.3, 0.4) is 0 Å². The summed E-state index contributed by atoms with van der Waals surface area (Å²) >= 11 is 0. The summed E-state index contributed by atoms with van der Waals surface area (Å²) in [6.07, 6.45) is 3.90. The number of hydrogen-bond acceptors (Lipinski definition) is 2. The summed E-state index contributed by atoms with van der Waals surface area (Å²) in [4.78, 5) is 0. The Kier molecular flexibility index (Phi) is 5.03. The van der Waals surface area contributed by atoms with Gasteiger partial charge < -0.3 is 9.47 Å². The van der Waals surface area contributed by atoms with Gasteiger partial charge in [0, 0.05) is 13.2 Å². The predicted octanol–water partition coefficient (Wildman–Crippen LogP) is 4.03. The zero-order chi connectivity index (χ0) is 13.1. The van der Waals surface area contributed by atoms with E-state index in [-0.39, 0.29) is 23.0 Å². The highest BCUT2D eigenvalue weighted by Crippen LogP contribution is 2.36. The van der Waals surface area contributed by atoms with Crippen molar-refractivity contribution in [1.82, 2.24) is 0 Å². The summed E-state index contributed by atoms with van der Waals surface area (Å²) < 4.78 is 12.3. The van der Waals surface area contributed by atoms with Gasteiger partial charge >= 0.3 is 0 Å². The van der Waals surface area contributed by atoms with Crippen LogP contribution in [0.5, 0.6) is 0 Å². The predicted molar refractivity (Wildman–Crippen MR) is 72.2 cm³/mol. The lowest BCUT2D eigenvalue weighted by atomic mass is 9.76. The lowest BCUT2D eigenvalue weighted by Crippen LogP contribution is -2.48. The zero-order valence-corrected chi connectivity index (χ0v) is 12.5. The first-order valence-electron chi connectivity index (χ1n) is 6.96. The third-order valence-corrected chi connectivity index (χ3v) is 3.37. The van der Waals surface area contributed by atoms with Crippen molar-refractivity contribution in [2.45, 2.75) is 73.0 Å². The fraction of sp³-hybridized carbons (Fsp3) is 1.00. The fourth-order valence-electron chi connectivity index (χ4n) is 2.38. The van der Waals surface area contributed by atoms with E-state index in [0.29, 0.717) is 0 Å². The van der Waals surface area contributed by atoms with Crippen molar-refractivity contribution in [3.63, 3.8) is 0 Å². The van der Waals surface area contributed by atoms with Crippen molar-refractivity contribution in [2.24, 2.45) is 10.8 Å². The molecule has 2 atom stereocenters. The molecule has 0 aromatic rings. The van der Waals surface area contributed by atoms with Crippen molar-refractivity contribution >= 4 is 0 Å². The second kappa shape index (κ2) is 5.71. The summed E-state index contributed by atoms with van der Waals surface area (Å²) in [6.45, 7) is 15.2. The number of hydrogen-bond donors (Lipinski definition) is 0. The second-order valence-corrected chi connectivity index (χ2v) is 7.38. The molecule has 1 aliphatic rings. The van der Waals surface area contributed by atoms with Gasteiger partial charge in [-0.1, -0.05) is 41.5 Å². The molecule has 1 heterocycles. The summed E-state index contributed by atoms with van der Waals surface area (Å²) in [5.41, 5.74) is 0.255. The largest absolute Gasteiger partial charge is 0.375 e. The van der Waals surface area contributed by atoms with Gasteiger partial charge in [-0.3, -0.25) is 0 Å². The minimum atomic E-state index is 0.127. The maximum Gasteiger partial charge on any atom is 0.0889 e. The van der Waals surface area contributed by atoms with Crippen LogP contribution in [0.1, 0.15) is 60.8 Å². The van der Waals surface area contributed by atoms with E-state index in [2.05, 4.69) is 41.5 Å². The van der Waals surface area contributed by atoms with Crippen molar-refractivity contribution in [3.8, 4) is 0 Å². The van der Waals surface area contributed by atoms with Crippen LogP contribution in [-0.2, 0) is 9.47 Å². The molecule has 1 fully saturated rings. The average molecular weight is 242 g/mol. The highest BCUT2D eigenvalue weighted by molar-refractivity contribution is 4.90. The van der Waals surface area contributed by atoms with Crippen molar-refractivity contribution in [1.29, 1.82) is 0 Å². The summed E-state index contributed by atoms with van der Waals surface area (Å²) in [5.74, 6) is 0. The Bertz CT molecular complexity index is 198. The molecule has 0 radical (unpaired) electrons. The monoisotopic (exact) mass is 242 g/mol. The topological polar surface area (TPSA) is 18.5 Å². The molecular formula is C15H30O2. The molecule has 1 aliphatic heterocycles. The van der Waals surface area contributed by atoms with Crippen molar-refractivity contribution in [3.05, 3.63) is 0 Å². The van der Waals surface area contributed by atoms with Crippen molar-refractivity contribution < 1.29 is 9.47 Å². The summed E-state index contributed by atoms with van der Waals surface area (Å²) in [6, 6.07) is 0. The van der Waals surface area contributed by atoms with Gasteiger partial charge in [0.25, 0.3) is 0 Å². The lowest BCUT2D eigenvalue weighted by Gasteiger charge is -2.42. The molecule has 2 nitrogen and oxygen atoms in total. The lowest BCUT2D eigenvalue weighted by molar-refractivity contribution is -0.149. The normalized spacial score (nSPS) is 29.3. The molecule has 0 aromatic heterocycles. The SMILES string of the molecule is CC(C)(C)C1OCCCCCOC1C(C)(C)C. The van der Waals surface area contributed by atoms with E-state index in [9.17, 15) is 0 Å². The minimum absolute atomic E-state index is 0.127. The average Bonchev–Trinajstić information content (AvgIpc) is 2.25. The first kappa shape index (κ1) is 15.0. The van der Waals surface area contributed by atoms with E-state index >= 15 is 0 Å². The maximum atomic E-state index is 6.14. The Labute approximate surface area is 107 Å². The first-order valence-corrected chi connectivity index (χ1v) is 6.96. The van der Waals surface area contributed by atoms with E-state index in [1.807, 2.05) is 0 Å². The first-order chi connectivity index (χ1) is 7.73. The Morgan fingerprint density at radius 2 is 1.00 bits per heavy atom. The molecular weight excluding hydrogens is 212 g/mol. The third kappa shape index (κ3) is 4.59. The maximum absolute atomic E-state index is 6.14. The third-order valence-electron chi connectivity index (χ3n) is 3.37. The molecule has 0 aromatic carbocycles. The van der Waals surface area contributed by atoms with E-state index in [1.54, 1.807) is 0 Å². The van der Waals surface area contributed by atoms with Crippen LogP contribution in [0.2, 0.25) is 0 Å². The molecule has 2 unspecified atom stereocenters. The molecule has 1 saturated heterocycles. The van der Waals surface area contributed by atoms with Crippen LogP contribution in [0.25, 0.3) is 0 Å². The molecule has 0 spiro atoms. The number of rotatable bonds is 0. The van der Waals surface area contributed by atoms with Gasteiger partial charge in [-0.05, 0) is 30.1 Å². The molecule has 1 rings (SSSR count). The highest BCUT2D eigenvalue weighted by Gasteiger charge is 2.40. The number of ether oxygens (including phenoxy) is 2. The fourth-order valence-corrected chi connectivity index (χ4v) is 2.38. The van der Waals surface area contributed by atoms with Gasteiger partial charge in [-0.15, -0.1) is 0 Å². The highest BCUT2D eigenvalue weighted by atomic mass is 16.5. The van der Waals surface area contributed by atoms with Gasteiger partial charge in [-0.25, -0.2) is 0 Å². The molecule has 0 saturated carbocycles. The van der Waals surface area contributed by atoms with Crippen molar-refractivity contribution in [2.75, 3.05) is 13.2 Å². The Balaban J connectivity index is 2.88. The summed E-state index contributed by atoms with van der Waals surface area (Å²) in [5, 5.41) is 0. The van der Waals surface area contributed by atoms with Gasteiger partial charge in [0.05, 0.1) is 12.2 Å². The standard InChI is InChI=1S/C15H30O2/c1-14(2,3)12-13(15(4,5)6)17-11-9-7-8-10-16-12/h12-13H,7-11H2,1-6H3. The second-order valence-electron chi connectivity index (χ2n) is 7.38. The van der Waals surface area contributed by atoms with Crippen LogP contribution in [0.4, 0.5) is 0 Å². The van der Waals surface area contributed by atoms with Crippen LogP contribution in [-0.4, -0.2) is 25.4 Å². The molecule has 0 bridgehead atoms. The van der Waals surface area contributed by atoms with Crippen LogP contribution < -0.4 is 0 Å². The Morgan fingerprint density at radius 3 is 1.29 bits per heavy atom. The minimum Gasteiger partial charge on any atom is -0.375 e. The van der Waals surface area contributed by atoms with Gasteiger partial charge in [-0.2, -0.15) is 0 Å². The molecule has 17 heavy (non-hydrogen) atoms. The Hall–Kier alpha value is -0.0800. The summed E-state index contributed by atoms with van der Waals surface area (Å²) in [7, 11) is 0. The van der Waals surface area contributed by atoms with Gasteiger partial charge in [0.15, 0.2) is 0 Å². The van der Waals surface area contributed by atoms with E-state index < -0.39 is 0 Å². The van der Waals surface area contributed by atoms with Gasteiger partial charge in [0.1, 0.15) is 0 Å². The van der Waals surface area contributed by atoms with E-state index in [1.165, 1.54) is 6.42 Å². The smallest absolute Gasteiger partial charge is 0.0889 e. The molecule has 102 valence electrons. The molecule has 0 aliphatic carbocycles. The molecule has 0 N–H and O–H groups in total. The van der Waals surface area contributed by atoms with Gasteiger partial charge in [0.2, 0.25) is 0 Å². The molecule has 0 amide bonds. The van der Waals surface area contributed by atoms with Crippen LogP contribution in [0.15, 0.2) is 0 Å². The van der Waals surface area contributed by atoms with Crippen LogP contribution in [0, 0.1) is 10.8 Å². The quantitative estimate of drug-likeness (QED) is 0.638. The molecule has 2 heteroatoms.